The summed E-state index contributed by atoms with van der Waals surface area (Å²) in [7, 11) is -2.80. The van der Waals surface area contributed by atoms with Crippen LogP contribution in [0.2, 0.25) is 0 Å². The van der Waals surface area contributed by atoms with Crippen LogP contribution < -0.4 is 5.32 Å². The third-order valence-corrected chi connectivity index (χ3v) is 6.89. The molecule has 5 nitrogen and oxygen atoms in total. The van der Waals surface area contributed by atoms with E-state index in [0.29, 0.717) is 24.1 Å². The largest absolute Gasteiger partial charge is 0.354 e. The van der Waals surface area contributed by atoms with Crippen LogP contribution in [-0.2, 0) is 9.84 Å². The molecule has 0 aromatic rings. The van der Waals surface area contributed by atoms with E-state index in [-0.39, 0.29) is 5.92 Å². The molecule has 1 N–H and O–H groups in total. The van der Waals surface area contributed by atoms with Gasteiger partial charge in [0.05, 0.1) is 11.5 Å². The zero-order valence-corrected chi connectivity index (χ0v) is 14.6. The average Bonchev–Trinajstić information content (AvgIpc) is 3.06. The molecule has 2 unspecified atom stereocenters. The molecule has 0 radical (unpaired) electrons. The second-order valence-corrected chi connectivity index (χ2v) is 9.79. The van der Waals surface area contributed by atoms with Crippen LogP contribution in [-0.4, -0.2) is 56.5 Å². The van der Waals surface area contributed by atoms with E-state index in [0.717, 1.165) is 37.3 Å². The highest BCUT2D eigenvalue weighted by atomic mass is 32.2. The Morgan fingerprint density at radius 1 is 1.23 bits per heavy atom. The highest BCUT2D eigenvalue weighted by Crippen LogP contribution is 2.41. The molecule has 0 aromatic heterocycles. The van der Waals surface area contributed by atoms with E-state index in [2.05, 4.69) is 24.1 Å². The lowest BCUT2D eigenvalue weighted by Gasteiger charge is -2.24. The number of sulfone groups is 1. The highest BCUT2D eigenvalue weighted by Gasteiger charge is 2.37. The predicted molar refractivity (Wildman–Crippen MR) is 89.7 cm³/mol. The molecule has 1 aliphatic carbocycles. The van der Waals surface area contributed by atoms with Crippen molar-refractivity contribution in [3.63, 3.8) is 0 Å². The molecule has 6 heteroatoms. The predicted octanol–water partition coefficient (Wildman–Crippen LogP) is 1.51. The summed E-state index contributed by atoms with van der Waals surface area (Å²) < 4.78 is 23.1. The molecule has 22 heavy (non-hydrogen) atoms. The zero-order chi connectivity index (χ0) is 15.7. The minimum atomic E-state index is -2.80. The molecule has 0 bridgehead atoms. The SMILES string of the molecule is CC(C)NC(=NCC1CCS(=O)(=O)C1)N1CCC(C2CC2)C1. The van der Waals surface area contributed by atoms with Crippen LogP contribution in [0.1, 0.15) is 39.5 Å². The third-order valence-electron chi connectivity index (χ3n) is 5.06. The Morgan fingerprint density at radius 2 is 2.00 bits per heavy atom. The summed E-state index contributed by atoms with van der Waals surface area (Å²) in [6.45, 7) is 7.10. The Labute approximate surface area is 134 Å². The van der Waals surface area contributed by atoms with Crippen LogP contribution in [0.5, 0.6) is 0 Å². The molecule has 126 valence electrons. The number of rotatable bonds is 4. The number of nitrogens with zero attached hydrogens (tertiary/aromatic N) is 2. The third kappa shape index (κ3) is 4.15. The molecule has 2 atom stereocenters. The highest BCUT2D eigenvalue weighted by molar-refractivity contribution is 7.91. The van der Waals surface area contributed by atoms with Gasteiger partial charge in [0.2, 0.25) is 0 Å². The zero-order valence-electron chi connectivity index (χ0n) is 13.8. The van der Waals surface area contributed by atoms with E-state index in [4.69, 9.17) is 4.99 Å². The van der Waals surface area contributed by atoms with Gasteiger partial charge in [-0.05, 0) is 57.3 Å². The topological polar surface area (TPSA) is 61.8 Å². The fourth-order valence-corrected chi connectivity index (χ4v) is 5.51. The molecule has 0 amide bonds. The first kappa shape index (κ1) is 16.1. The second-order valence-electron chi connectivity index (χ2n) is 7.56. The number of likely N-dealkylation sites (tertiary alicyclic amines) is 1. The van der Waals surface area contributed by atoms with E-state index in [1.807, 2.05) is 0 Å². The monoisotopic (exact) mass is 327 g/mol. The molecular weight excluding hydrogens is 298 g/mol. The number of hydrogen-bond acceptors (Lipinski definition) is 3. The lowest BCUT2D eigenvalue weighted by molar-refractivity contribution is 0.428. The average molecular weight is 327 g/mol. The van der Waals surface area contributed by atoms with E-state index in [1.165, 1.54) is 19.3 Å². The van der Waals surface area contributed by atoms with E-state index >= 15 is 0 Å². The van der Waals surface area contributed by atoms with Crippen molar-refractivity contribution in [2.45, 2.75) is 45.6 Å². The van der Waals surface area contributed by atoms with Crippen LogP contribution in [0, 0.1) is 17.8 Å². The fraction of sp³-hybridized carbons (Fsp3) is 0.938. The van der Waals surface area contributed by atoms with Crippen molar-refractivity contribution >= 4 is 15.8 Å². The summed E-state index contributed by atoms with van der Waals surface area (Å²) in [5.41, 5.74) is 0. The van der Waals surface area contributed by atoms with Gasteiger partial charge in [0.1, 0.15) is 0 Å². The Hall–Kier alpha value is -0.780. The maximum atomic E-state index is 11.6. The Balaban J connectivity index is 1.60. The molecule has 2 aliphatic heterocycles. The van der Waals surface area contributed by atoms with Crippen molar-refractivity contribution in [1.82, 2.24) is 10.2 Å². The normalized spacial score (nSPS) is 32.0. The lowest BCUT2D eigenvalue weighted by atomic mass is 10.0. The minimum Gasteiger partial charge on any atom is -0.354 e. The summed E-state index contributed by atoms with van der Waals surface area (Å²) in [6.07, 6.45) is 4.86. The summed E-state index contributed by atoms with van der Waals surface area (Å²) in [5, 5.41) is 3.47. The molecular formula is C16H29N3O2S. The first-order chi connectivity index (χ1) is 10.4. The van der Waals surface area contributed by atoms with Gasteiger partial charge in [-0.25, -0.2) is 8.42 Å². The second kappa shape index (κ2) is 6.38. The van der Waals surface area contributed by atoms with Crippen molar-refractivity contribution in [3.05, 3.63) is 0 Å². The molecule has 3 aliphatic rings. The molecule has 2 saturated heterocycles. The van der Waals surface area contributed by atoms with Gasteiger partial charge in [-0.2, -0.15) is 0 Å². The van der Waals surface area contributed by atoms with Crippen molar-refractivity contribution in [2.75, 3.05) is 31.1 Å². The summed E-state index contributed by atoms with van der Waals surface area (Å²) in [5.74, 6) is 3.64. The smallest absolute Gasteiger partial charge is 0.194 e. The number of hydrogen-bond donors (Lipinski definition) is 1. The van der Waals surface area contributed by atoms with Crippen molar-refractivity contribution in [1.29, 1.82) is 0 Å². The molecule has 3 rings (SSSR count). The van der Waals surface area contributed by atoms with Crippen molar-refractivity contribution in [2.24, 2.45) is 22.7 Å². The number of aliphatic imine (C=N–C) groups is 1. The minimum absolute atomic E-state index is 0.204. The van der Waals surface area contributed by atoms with Gasteiger partial charge < -0.3 is 10.2 Å². The summed E-state index contributed by atoms with van der Waals surface area (Å²) >= 11 is 0. The van der Waals surface area contributed by atoms with E-state index in [1.54, 1.807) is 0 Å². The first-order valence-corrected chi connectivity index (χ1v) is 10.5. The van der Waals surface area contributed by atoms with Gasteiger partial charge in [-0.3, -0.25) is 4.99 Å². The van der Waals surface area contributed by atoms with Crippen LogP contribution in [0.4, 0.5) is 0 Å². The van der Waals surface area contributed by atoms with Crippen LogP contribution in [0.3, 0.4) is 0 Å². The number of guanidine groups is 1. The number of nitrogens with one attached hydrogen (secondary N) is 1. The van der Waals surface area contributed by atoms with Gasteiger partial charge in [0, 0.05) is 25.7 Å². The quantitative estimate of drug-likeness (QED) is 0.628. The van der Waals surface area contributed by atoms with E-state index < -0.39 is 9.84 Å². The molecule has 1 saturated carbocycles. The van der Waals surface area contributed by atoms with Gasteiger partial charge in [0.15, 0.2) is 15.8 Å². The molecule has 2 heterocycles. The van der Waals surface area contributed by atoms with E-state index in [9.17, 15) is 8.42 Å². The summed E-state index contributed by atoms with van der Waals surface area (Å²) in [4.78, 5) is 7.16. The van der Waals surface area contributed by atoms with Gasteiger partial charge in [-0.15, -0.1) is 0 Å². The maximum Gasteiger partial charge on any atom is 0.194 e. The molecule has 3 fully saturated rings. The van der Waals surface area contributed by atoms with Gasteiger partial charge >= 0.3 is 0 Å². The Bertz CT molecular complexity index is 526. The van der Waals surface area contributed by atoms with Gasteiger partial charge in [0.25, 0.3) is 0 Å². The maximum absolute atomic E-state index is 11.6. The van der Waals surface area contributed by atoms with Crippen molar-refractivity contribution in [3.8, 4) is 0 Å². The molecule has 0 aromatic carbocycles. The lowest BCUT2D eigenvalue weighted by Crippen LogP contribution is -2.43. The van der Waals surface area contributed by atoms with Crippen molar-refractivity contribution < 1.29 is 8.42 Å². The Kier molecular flexibility index (Phi) is 4.67. The Morgan fingerprint density at radius 3 is 2.59 bits per heavy atom. The fourth-order valence-electron chi connectivity index (χ4n) is 3.66. The van der Waals surface area contributed by atoms with Crippen LogP contribution >= 0.6 is 0 Å². The van der Waals surface area contributed by atoms with Crippen LogP contribution in [0.25, 0.3) is 0 Å². The molecule has 0 spiro atoms. The van der Waals surface area contributed by atoms with Crippen LogP contribution in [0.15, 0.2) is 4.99 Å². The summed E-state index contributed by atoms with van der Waals surface area (Å²) in [6, 6.07) is 0.353. The first-order valence-electron chi connectivity index (χ1n) is 8.69. The standard InChI is InChI=1S/C16H29N3O2S/c1-12(2)18-16(17-9-13-6-8-22(20,21)11-13)19-7-5-15(10-19)14-3-4-14/h12-15H,3-11H2,1-2H3,(H,17,18). The van der Waals surface area contributed by atoms with Gasteiger partial charge in [-0.1, -0.05) is 0 Å².